The van der Waals surface area contributed by atoms with E-state index in [9.17, 15) is 8.42 Å². The van der Waals surface area contributed by atoms with Gasteiger partial charge in [-0.1, -0.05) is 35.9 Å². The minimum atomic E-state index is -3.35. The second-order valence-electron chi connectivity index (χ2n) is 5.75. The average molecular weight is 374 g/mol. The van der Waals surface area contributed by atoms with E-state index >= 15 is 0 Å². The maximum Gasteiger partial charge on any atom is 0.215 e. The Balaban J connectivity index is 1.55. The molecule has 0 aliphatic rings. The fraction of sp³-hybridized carbons (Fsp3) is 0.222. The van der Waals surface area contributed by atoms with Crippen LogP contribution in [0.5, 0.6) is 0 Å². The second kappa shape index (κ2) is 7.86. The first-order chi connectivity index (χ1) is 12.0. The van der Waals surface area contributed by atoms with Gasteiger partial charge in [-0.25, -0.2) is 18.1 Å². The van der Waals surface area contributed by atoms with E-state index in [0.717, 1.165) is 27.5 Å². The van der Waals surface area contributed by atoms with Crippen molar-refractivity contribution in [3.8, 4) is 10.7 Å². The predicted octanol–water partition coefficient (Wildman–Crippen LogP) is 3.18. The highest BCUT2D eigenvalue weighted by Gasteiger charge is 2.12. The van der Waals surface area contributed by atoms with Gasteiger partial charge in [-0.2, -0.15) is 0 Å². The van der Waals surface area contributed by atoms with Gasteiger partial charge in [-0.3, -0.25) is 4.98 Å². The number of nitrogens with one attached hydrogen (secondary N) is 1. The molecule has 0 saturated carbocycles. The lowest BCUT2D eigenvalue weighted by Gasteiger charge is -2.06. The van der Waals surface area contributed by atoms with E-state index in [1.165, 1.54) is 11.3 Å². The van der Waals surface area contributed by atoms with Gasteiger partial charge in [-0.05, 0) is 24.6 Å². The normalized spacial score (nSPS) is 11.6. The van der Waals surface area contributed by atoms with Crippen molar-refractivity contribution in [3.63, 3.8) is 0 Å². The highest BCUT2D eigenvalue weighted by molar-refractivity contribution is 7.88. The monoisotopic (exact) mass is 373 g/mol. The molecule has 0 amide bonds. The molecule has 0 aliphatic heterocycles. The van der Waals surface area contributed by atoms with Crippen LogP contribution in [0.25, 0.3) is 10.7 Å². The van der Waals surface area contributed by atoms with Gasteiger partial charge in [0.15, 0.2) is 0 Å². The summed E-state index contributed by atoms with van der Waals surface area (Å²) >= 11 is 1.51. The topological polar surface area (TPSA) is 72.0 Å². The van der Waals surface area contributed by atoms with Gasteiger partial charge in [0.1, 0.15) is 5.01 Å². The van der Waals surface area contributed by atoms with Gasteiger partial charge in [-0.15, -0.1) is 11.3 Å². The van der Waals surface area contributed by atoms with Gasteiger partial charge in [0.25, 0.3) is 0 Å². The van der Waals surface area contributed by atoms with Gasteiger partial charge >= 0.3 is 0 Å². The number of aryl methyl sites for hydroxylation is 1. The molecule has 3 aromatic rings. The zero-order valence-electron chi connectivity index (χ0n) is 13.8. The SMILES string of the molecule is Cc1cccc(CS(=O)(=O)NCCc2csc(-c3ccccn3)n2)c1. The van der Waals surface area contributed by atoms with Crippen LogP contribution in [0.4, 0.5) is 0 Å². The summed E-state index contributed by atoms with van der Waals surface area (Å²) in [6, 6.07) is 13.2. The summed E-state index contributed by atoms with van der Waals surface area (Å²) in [5.74, 6) is -0.00900. The number of sulfonamides is 1. The summed E-state index contributed by atoms with van der Waals surface area (Å²) in [5.41, 5.74) is 3.54. The number of pyridine rings is 1. The number of aromatic nitrogens is 2. The second-order valence-corrected chi connectivity index (χ2v) is 8.42. The zero-order chi connectivity index (χ0) is 17.7. The molecule has 2 aromatic heterocycles. The average Bonchev–Trinajstić information content (AvgIpc) is 3.04. The van der Waals surface area contributed by atoms with Crippen molar-refractivity contribution < 1.29 is 8.42 Å². The fourth-order valence-corrected chi connectivity index (χ4v) is 4.40. The largest absolute Gasteiger partial charge is 0.254 e. The van der Waals surface area contributed by atoms with Crippen LogP contribution in [0.15, 0.2) is 54.0 Å². The van der Waals surface area contributed by atoms with Crippen molar-refractivity contribution in [3.05, 3.63) is 70.9 Å². The summed E-state index contributed by atoms with van der Waals surface area (Å²) in [7, 11) is -3.35. The van der Waals surface area contributed by atoms with Gasteiger partial charge in [0, 0.05) is 24.5 Å². The molecule has 130 valence electrons. The summed E-state index contributed by atoms with van der Waals surface area (Å²) < 4.78 is 27.0. The van der Waals surface area contributed by atoms with Crippen LogP contribution in [0, 0.1) is 6.92 Å². The molecule has 0 bridgehead atoms. The summed E-state index contributed by atoms with van der Waals surface area (Å²) in [6.45, 7) is 2.28. The Morgan fingerprint density at radius 2 is 2.04 bits per heavy atom. The van der Waals surface area contributed by atoms with Crippen molar-refractivity contribution in [1.82, 2.24) is 14.7 Å². The molecule has 0 fully saturated rings. The molecule has 0 spiro atoms. The maximum atomic E-state index is 12.2. The first-order valence-corrected chi connectivity index (χ1v) is 10.4. The van der Waals surface area contributed by atoms with E-state index in [1.807, 2.05) is 54.8 Å². The van der Waals surface area contributed by atoms with Crippen molar-refractivity contribution in [2.45, 2.75) is 19.1 Å². The minimum Gasteiger partial charge on any atom is -0.254 e. The molecule has 0 radical (unpaired) electrons. The molecule has 0 aliphatic carbocycles. The zero-order valence-corrected chi connectivity index (χ0v) is 15.5. The van der Waals surface area contributed by atoms with E-state index in [0.29, 0.717) is 13.0 Å². The molecular formula is C18H19N3O2S2. The Morgan fingerprint density at radius 1 is 1.16 bits per heavy atom. The van der Waals surface area contributed by atoms with Gasteiger partial charge in [0.05, 0.1) is 17.1 Å². The van der Waals surface area contributed by atoms with Crippen molar-refractivity contribution in [2.75, 3.05) is 6.54 Å². The van der Waals surface area contributed by atoms with Crippen molar-refractivity contribution in [1.29, 1.82) is 0 Å². The maximum absolute atomic E-state index is 12.2. The van der Waals surface area contributed by atoms with Crippen LogP contribution >= 0.6 is 11.3 Å². The number of hydrogen-bond acceptors (Lipinski definition) is 5. The van der Waals surface area contributed by atoms with Gasteiger partial charge in [0.2, 0.25) is 10.0 Å². The number of thiazole rings is 1. The third-order valence-corrected chi connectivity index (χ3v) is 5.85. The lowest BCUT2D eigenvalue weighted by Crippen LogP contribution is -2.27. The molecule has 1 aromatic carbocycles. The Labute approximate surface area is 151 Å². The molecule has 25 heavy (non-hydrogen) atoms. The number of nitrogens with zero attached hydrogens (tertiary/aromatic N) is 2. The number of hydrogen-bond donors (Lipinski definition) is 1. The fourth-order valence-electron chi connectivity index (χ4n) is 2.44. The summed E-state index contributed by atoms with van der Waals surface area (Å²) in [6.07, 6.45) is 2.28. The molecule has 7 heteroatoms. The first kappa shape index (κ1) is 17.7. The third kappa shape index (κ3) is 5.19. The predicted molar refractivity (Wildman–Crippen MR) is 101 cm³/mol. The van der Waals surface area contributed by atoms with Crippen LogP contribution < -0.4 is 4.72 Å². The minimum absolute atomic E-state index is 0.00900. The Kier molecular flexibility index (Phi) is 5.57. The van der Waals surface area contributed by atoms with E-state index in [2.05, 4.69) is 14.7 Å². The highest BCUT2D eigenvalue weighted by Crippen LogP contribution is 2.21. The van der Waals surface area contributed by atoms with E-state index in [4.69, 9.17) is 0 Å². The third-order valence-electron chi connectivity index (χ3n) is 3.58. The Bertz CT molecular complexity index is 938. The summed E-state index contributed by atoms with van der Waals surface area (Å²) in [5, 5.41) is 2.79. The molecule has 1 N–H and O–H groups in total. The molecule has 3 rings (SSSR count). The smallest absolute Gasteiger partial charge is 0.215 e. The molecular weight excluding hydrogens is 354 g/mol. The molecule has 5 nitrogen and oxygen atoms in total. The lowest BCUT2D eigenvalue weighted by atomic mass is 10.2. The van der Waals surface area contributed by atoms with E-state index in [1.54, 1.807) is 6.20 Å². The van der Waals surface area contributed by atoms with Gasteiger partial charge < -0.3 is 0 Å². The van der Waals surface area contributed by atoms with Crippen LogP contribution in [0.1, 0.15) is 16.8 Å². The highest BCUT2D eigenvalue weighted by atomic mass is 32.2. The van der Waals surface area contributed by atoms with E-state index < -0.39 is 10.0 Å². The van der Waals surface area contributed by atoms with E-state index in [-0.39, 0.29) is 5.75 Å². The van der Waals surface area contributed by atoms with Crippen molar-refractivity contribution >= 4 is 21.4 Å². The Hall–Kier alpha value is -2.09. The molecule has 0 atom stereocenters. The summed E-state index contributed by atoms with van der Waals surface area (Å²) in [4.78, 5) is 8.79. The quantitative estimate of drug-likeness (QED) is 0.690. The first-order valence-electron chi connectivity index (χ1n) is 7.90. The molecule has 2 heterocycles. The van der Waals surface area contributed by atoms with Crippen LogP contribution in [0.3, 0.4) is 0 Å². The van der Waals surface area contributed by atoms with Crippen LogP contribution in [-0.4, -0.2) is 24.9 Å². The molecule has 0 unspecified atom stereocenters. The standard InChI is InChI=1S/C18H19N3O2S2/c1-14-5-4-6-15(11-14)13-25(22,23)20-10-8-16-12-24-18(21-16)17-7-2-3-9-19-17/h2-7,9,11-12,20H,8,10,13H2,1H3. The number of rotatable bonds is 7. The number of benzene rings is 1. The van der Waals surface area contributed by atoms with Crippen molar-refractivity contribution in [2.24, 2.45) is 0 Å². The lowest BCUT2D eigenvalue weighted by molar-refractivity contribution is 0.580. The Morgan fingerprint density at radius 3 is 2.80 bits per heavy atom. The van der Waals surface area contributed by atoms with Crippen LogP contribution in [0.2, 0.25) is 0 Å². The van der Waals surface area contributed by atoms with Crippen LogP contribution in [-0.2, 0) is 22.2 Å². The molecule has 0 saturated heterocycles.